The van der Waals surface area contributed by atoms with Gasteiger partial charge in [-0.25, -0.2) is 0 Å². The summed E-state index contributed by atoms with van der Waals surface area (Å²) in [4.78, 5) is 4.82. The zero-order valence-corrected chi connectivity index (χ0v) is 33.7. The van der Waals surface area contributed by atoms with E-state index in [0.29, 0.717) is 0 Å². The van der Waals surface area contributed by atoms with Crippen molar-refractivity contribution in [3.63, 3.8) is 0 Å². The van der Waals surface area contributed by atoms with Crippen molar-refractivity contribution in [2.45, 2.75) is 24.7 Å². The Morgan fingerprint density at radius 3 is 1.13 bits per heavy atom. The molecule has 0 amide bonds. The summed E-state index contributed by atoms with van der Waals surface area (Å²) in [6.45, 7) is 4.70. The molecule has 0 saturated heterocycles. The maximum atomic E-state index is 2.49. The van der Waals surface area contributed by atoms with Crippen LogP contribution in [0.25, 0.3) is 33.4 Å². The minimum atomic E-state index is -0.500. The fourth-order valence-electron chi connectivity index (χ4n) is 10.9. The number of anilines is 6. The highest BCUT2D eigenvalue weighted by Crippen LogP contribution is 2.64. The van der Waals surface area contributed by atoms with Gasteiger partial charge in [0, 0.05) is 39.5 Å². The van der Waals surface area contributed by atoms with Crippen molar-refractivity contribution in [3.05, 3.63) is 252 Å². The third-order valence-corrected chi connectivity index (χ3v) is 13.4. The van der Waals surface area contributed by atoms with Gasteiger partial charge in [-0.1, -0.05) is 159 Å². The van der Waals surface area contributed by atoms with Crippen LogP contribution in [0, 0.1) is 0 Å². The molecule has 1 unspecified atom stereocenters. The second-order valence-corrected chi connectivity index (χ2v) is 16.9. The van der Waals surface area contributed by atoms with E-state index in [1.807, 2.05) is 0 Å². The summed E-state index contributed by atoms with van der Waals surface area (Å²) >= 11 is 0. The fourth-order valence-corrected chi connectivity index (χ4v) is 10.9. The van der Waals surface area contributed by atoms with E-state index in [1.165, 1.54) is 66.8 Å². The SMILES string of the molecule is CC1(C)c2ccccc2-c2cc(N(c3ccccc3)c3ccc4c(c3)C3(c5ccccc5-c5cc(N(c6ccccc6)c6ccccc6)ccc53)c3ccccc3-4)ccc21. The molecule has 1 atom stereocenters. The zero-order chi connectivity index (χ0) is 40.0. The van der Waals surface area contributed by atoms with Crippen LogP contribution >= 0.6 is 0 Å². The molecule has 1 spiro atoms. The van der Waals surface area contributed by atoms with Crippen molar-refractivity contribution in [1.29, 1.82) is 0 Å². The van der Waals surface area contributed by atoms with Crippen molar-refractivity contribution in [2.24, 2.45) is 0 Å². The Morgan fingerprint density at radius 1 is 0.250 bits per heavy atom. The Hall–Kier alpha value is -7.42. The first-order valence-electron chi connectivity index (χ1n) is 21.0. The van der Waals surface area contributed by atoms with Crippen molar-refractivity contribution in [3.8, 4) is 33.4 Å². The van der Waals surface area contributed by atoms with Gasteiger partial charge in [-0.2, -0.15) is 0 Å². The second-order valence-electron chi connectivity index (χ2n) is 16.9. The number of fused-ring (bicyclic) bond motifs is 13. The van der Waals surface area contributed by atoms with Crippen LogP contribution in [0.4, 0.5) is 34.1 Å². The van der Waals surface area contributed by atoms with E-state index in [1.54, 1.807) is 0 Å². The highest BCUT2D eigenvalue weighted by atomic mass is 15.1. The lowest BCUT2D eigenvalue weighted by atomic mass is 9.70. The van der Waals surface area contributed by atoms with Gasteiger partial charge in [-0.15, -0.1) is 0 Å². The van der Waals surface area contributed by atoms with Gasteiger partial charge in [0.15, 0.2) is 0 Å². The molecule has 12 rings (SSSR count). The summed E-state index contributed by atoms with van der Waals surface area (Å²) < 4.78 is 0. The first-order chi connectivity index (χ1) is 29.5. The molecule has 0 aromatic heterocycles. The van der Waals surface area contributed by atoms with Gasteiger partial charge < -0.3 is 9.80 Å². The predicted octanol–water partition coefficient (Wildman–Crippen LogP) is 15.3. The molecule has 0 bridgehead atoms. The summed E-state index contributed by atoms with van der Waals surface area (Å²) in [5.74, 6) is 0. The van der Waals surface area contributed by atoms with Crippen LogP contribution in [-0.2, 0) is 10.8 Å². The predicted molar refractivity (Wildman–Crippen MR) is 250 cm³/mol. The van der Waals surface area contributed by atoms with E-state index in [-0.39, 0.29) is 5.41 Å². The van der Waals surface area contributed by atoms with Crippen LogP contribution in [0.5, 0.6) is 0 Å². The standard InChI is InChI=1S/C58H42N2/c1-57(2)51-27-15-12-25-46(51)49-36-43(31-34-52(49)57)60(41-22-10-5-11-23-41)44-30-33-48-45-24-13-16-28-53(45)58(56(48)38-44)54-29-17-14-26-47(54)50-37-42(32-35-55(50)58)59(39-18-6-3-7-19-39)40-20-8-4-9-21-40/h3-38H,1-2H3. The van der Waals surface area contributed by atoms with Crippen LogP contribution in [0.2, 0.25) is 0 Å². The maximum Gasteiger partial charge on any atom is 0.0726 e. The van der Waals surface area contributed by atoms with Crippen molar-refractivity contribution in [2.75, 3.05) is 9.80 Å². The lowest BCUT2D eigenvalue weighted by molar-refractivity contribution is 0.660. The van der Waals surface area contributed by atoms with Crippen molar-refractivity contribution >= 4 is 34.1 Å². The summed E-state index contributed by atoms with van der Waals surface area (Å²) in [5, 5.41) is 0. The Morgan fingerprint density at radius 2 is 0.583 bits per heavy atom. The molecular weight excluding hydrogens is 725 g/mol. The minimum absolute atomic E-state index is 0.0594. The summed E-state index contributed by atoms with van der Waals surface area (Å²) in [6, 6.07) is 80.9. The third kappa shape index (κ3) is 4.82. The van der Waals surface area contributed by atoms with Gasteiger partial charge in [-0.05, 0) is 140 Å². The Bertz CT molecular complexity index is 3090. The molecule has 9 aromatic rings. The average molecular weight is 767 g/mol. The monoisotopic (exact) mass is 766 g/mol. The molecule has 0 fully saturated rings. The van der Waals surface area contributed by atoms with Gasteiger partial charge in [0.1, 0.15) is 0 Å². The van der Waals surface area contributed by atoms with Gasteiger partial charge in [0.25, 0.3) is 0 Å². The van der Waals surface area contributed by atoms with Gasteiger partial charge in [0.2, 0.25) is 0 Å². The summed E-state index contributed by atoms with van der Waals surface area (Å²) in [7, 11) is 0. The highest BCUT2D eigenvalue weighted by molar-refractivity contribution is 5.98. The number of benzene rings is 9. The summed E-state index contributed by atoms with van der Waals surface area (Å²) in [5.41, 5.74) is 22.1. The average Bonchev–Trinajstić information content (AvgIpc) is 3.85. The topological polar surface area (TPSA) is 6.48 Å². The van der Waals surface area contributed by atoms with E-state index in [9.17, 15) is 0 Å². The first-order valence-corrected chi connectivity index (χ1v) is 21.0. The van der Waals surface area contributed by atoms with Gasteiger partial charge in [-0.3, -0.25) is 0 Å². The highest BCUT2D eigenvalue weighted by Gasteiger charge is 2.52. The molecule has 0 heterocycles. The molecule has 284 valence electrons. The van der Waals surface area contributed by atoms with Crippen LogP contribution in [-0.4, -0.2) is 0 Å². The number of hydrogen-bond donors (Lipinski definition) is 0. The molecule has 3 aliphatic rings. The van der Waals surface area contributed by atoms with Crippen LogP contribution in [0.15, 0.2) is 218 Å². The second kappa shape index (κ2) is 13.0. The minimum Gasteiger partial charge on any atom is -0.310 e. The Kier molecular flexibility index (Phi) is 7.52. The molecule has 3 aliphatic carbocycles. The fraction of sp³-hybridized carbons (Fsp3) is 0.0690. The van der Waals surface area contributed by atoms with Gasteiger partial charge >= 0.3 is 0 Å². The van der Waals surface area contributed by atoms with Crippen molar-refractivity contribution in [1.82, 2.24) is 0 Å². The smallest absolute Gasteiger partial charge is 0.0726 e. The van der Waals surface area contributed by atoms with E-state index in [4.69, 9.17) is 0 Å². The Balaban J connectivity index is 1.08. The van der Waals surface area contributed by atoms with Crippen LogP contribution in [0.1, 0.15) is 47.2 Å². The number of rotatable bonds is 6. The molecule has 0 aliphatic heterocycles. The number of nitrogens with zero attached hydrogens (tertiary/aromatic N) is 2. The number of hydrogen-bond acceptors (Lipinski definition) is 2. The molecular formula is C58H42N2. The molecule has 2 heteroatoms. The molecule has 0 saturated carbocycles. The quantitative estimate of drug-likeness (QED) is 0.166. The van der Waals surface area contributed by atoms with Crippen LogP contribution in [0.3, 0.4) is 0 Å². The molecule has 0 N–H and O–H groups in total. The Labute approximate surface area is 352 Å². The zero-order valence-electron chi connectivity index (χ0n) is 33.7. The van der Waals surface area contributed by atoms with E-state index in [2.05, 4.69) is 242 Å². The largest absolute Gasteiger partial charge is 0.310 e. The van der Waals surface area contributed by atoms with Crippen LogP contribution < -0.4 is 9.80 Å². The molecule has 9 aromatic carbocycles. The third-order valence-electron chi connectivity index (χ3n) is 13.4. The van der Waals surface area contributed by atoms with E-state index >= 15 is 0 Å². The summed E-state index contributed by atoms with van der Waals surface area (Å²) in [6.07, 6.45) is 0. The molecule has 60 heavy (non-hydrogen) atoms. The lowest BCUT2D eigenvalue weighted by Crippen LogP contribution is -2.26. The maximum absolute atomic E-state index is 2.49. The van der Waals surface area contributed by atoms with E-state index in [0.717, 1.165) is 34.1 Å². The molecule has 2 nitrogen and oxygen atoms in total. The normalized spacial score (nSPS) is 15.7. The van der Waals surface area contributed by atoms with E-state index < -0.39 is 5.41 Å². The number of para-hydroxylation sites is 3. The van der Waals surface area contributed by atoms with Gasteiger partial charge in [0.05, 0.1) is 5.41 Å². The lowest BCUT2D eigenvalue weighted by Gasteiger charge is -2.33. The van der Waals surface area contributed by atoms with Crippen molar-refractivity contribution < 1.29 is 0 Å². The first kappa shape index (κ1) is 34.6. The molecule has 0 radical (unpaired) electrons.